The Hall–Kier alpha value is -1.81. The number of hydrogen-bond donors (Lipinski definition) is 0. The molecule has 0 aliphatic heterocycles. The highest BCUT2D eigenvalue weighted by atomic mass is 35.5. The van der Waals surface area contributed by atoms with Crippen molar-refractivity contribution in [1.29, 1.82) is 0 Å². The van der Waals surface area contributed by atoms with Gasteiger partial charge in [-0.25, -0.2) is 17.6 Å². The summed E-state index contributed by atoms with van der Waals surface area (Å²) < 4.78 is 56.8. The molecule has 0 spiro atoms. The van der Waals surface area contributed by atoms with E-state index in [4.69, 9.17) is 11.6 Å². The van der Waals surface area contributed by atoms with Crippen LogP contribution in [0.5, 0.6) is 0 Å². The molecule has 2 aromatic rings. The van der Waals surface area contributed by atoms with Gasteiger partial charge in [0, 0.05) is 6.07 Å². The van der Waals surface area contributed by atoms with Crippen molar-refractivity contribution in [2.24, 2.45) is 11.8 Å². The van der Waals surface area contributed by atoms with Crippen LogP contribution in [0.15, 0.2) is 36.9 Å². The van der Waals surface area contributed by atoms with Gasteiger partial charge in [0.2, 0.25) is 0 Å². The smallest absolute Gasteiger partial charge is 0.145 e. The zero-order valence-corrected chi connectivity index (χ0v) is 16.8. The minimum absolute atomic E-state index is 0.0178. The van der Waals surface area contributed by atoms with Crippen LogP contribution in [0.1, 0.15) is 60.6 Å². The summed E-state index contributed by atoms with van der Waals surface area (Å²) in [6.45, 7) is 3.79. The summed E-state index contributed by atoms with van der Waals surface area (Å²) in [4.78, 5) is 0. The van der Waals surface area contributed by atoms with Crippen LogP contribution in [0.25, 0.3) is 0 Å². The monoisotopic (exact) mass is 422 g/mol. The molecule has 4 rings (SSSR count). The molecule has 0 bridgehead atoms. The van der Waals surface area contributed by atoms with Gasteiger partial charge in [-0.3, -0.25) is 0 Å². The Kier molecular flexibility index (Phi) is 5.74. The molecule has 5 heteroatoms. The molecule has 0 nitrogen and oxygen atoms in total. The van der Waals surface area contributed by atoms with Gasteiger partial charge in [0.25, 0.3) is 0 Å². The third-order valence-electron chi connectivity index (χ3n) is 6.79. The third kappa shape index (κ3) is 3.72. The van der Waals surface area contributed by atoms with Gasteiger partial charge in [-0.05, 0) is 97.1 Å². The quantitative estimate of drug-likeness (QED) is 0.269. The van der Waals surface area contributed by atoms with E-state index in [1.807, 2.05) is 6.08 Å². The fraction of sp³-hybridized carbons (Fsp3) is 0.417. The Balaban J connectivity index is 1.78. The van der Waals surface area contributed by atoms with Gasteiger partial charge in [0.15, 0.2) is 0 Å². The van der Waals surface area contributed by atoms with Gasteiger partial charge in [0.1, 0.15) is 28.3 Å². The van der Waals surface area contributed by atoms with E-state index in [1.165, 1.54) is 18.2 Å². The van der Waals surface area contributed by atoms with Crippen molar-refractivity contribution in [3.8, 4) is 0 Å². The van der Waals surface area contributed by atoms with Gasteiger partial charge >= 0.3 is 0 Å². The predicted molar refractivity (Wildman–Crippen MR) is 107 cm³/mol. The summed E-state index contributed by atoms with van der Waals surface area (Å²) in [5.41, 5.74) is 1.90. The second kappa shape index (κ2) is 8.14. The molecular formula is C24H23ClF4. The molecule has 2 aliphatic carbocycles. The van der Waals surface area contributed by atoms with E-state index in [0.29, 0.717) is 24.0 Å². The van der Waals surface area contributed by atoms with Crippen LogP contribution in [0.2, 0.25) is 5.02 Å². The first kappa shape index (κ1) is 20.5. The SMILES string of the molecule is C=CCC[C@@H]1CC[C@H]2c3cc(F)cc(F)c3CC[C@@H]2[C@H]1c1cc(F)c(Cl)c(F)c1. The van der Waals surface area contributed by atoms with Crippen LogP contribution in [-0.2, 0) is 6.42 Å². The molecule has 0 amide bonds. The standard InChI is InChI=1S/C24H23ClF4/c1-2-3-4-13-5-6-16-18(8-7-17-19(16)11-15(26)12-20(17)27)23(13)14-9-21(28)24(25)22(29)10-14/h2,9-13,16,18,23H,1,3-8H2/t13-,16-,18+,23-/m1/s1. The second-order valence-electron chi connectivity index (χ2n) is 8.29. The summed E-state index contributed by atoms with van der Waals surface area (Å²) >= 11 is 5.70. The van der Waals surface area contributed by atoms with E-state index in [2.05, 4.69) is 6.58 Å². The zero-order chi connectivity index (χ0) is 20.7. The van der Waals surface area contributed by atoms with E-state index >= 15 is 0 Å². The Morgan fingerprint density at radius 3 is 2.38 bits per heavy atom. The molecule has 154 valence electrons. The summed E-state index contributed by atoms with van der Waals surface area (Å²) in [7, 11) is 0. The Morgan fingerprint density at radius 1 is 0.966 bits per heavy atom. The van der Waals surface area contributed by atoms with E-state index < -0.39 is 28.3 Å². The maximum atomic E-state index is 14.3. The van der Waals surface area contributed by atoms with Crippen molar-refractivity contribution >= 4 is 11.6 Å². The van der Waals surface area contributed by atoms with Crippen molar-refractivity contribution in [3.63, 3.8) is 0 Å². The van der Waals surface area contributed by atoms with Crippen molar-refractivity contribution in [3.05, 3.63) is 81.9 Å². The minimum atomic E-state index is -0.764. The van der Waals surface area contributed by atoms with Gasteiger partial charge in [-0.2, -0.15) is 0 Å². The van der Waals surface area contributed by atoms with Crippen LogP contribution in [0.4, 0.5) is 17.6 Å². The molecular weight excluding hydrogens is 400 g/mol. The largest absolute Gasteiger partial charge is 0.207 e. The second-order valence-corrected chi connectivity index (χ2v) is 8.67. The van der Waals surface area contributed by atoms with Crippen molar-refractivity contribution in [2.45, 2.75) is 50.4 Å². The normalized spacial score (nSPS) is 26.0. The molecule has 0 saturated heterocycles. The molecule has 1 saturated carbocycles. The molecule has 0 aromatic heterocycles. The van der Waals surface area contributed by atoms with Crippen LogP contribution in [-0.4, -0.2) is 0 Å². The summed E-state index contributed by atoms with van der Waals surface area (Å²) in [5, 5.41) is -0.498. The molecule has 1 fully saturated rings. The van der Waals surface area contributed by atoms with Crippen molar-refractivity contribution in [1.82, 2.24) is 0 Å². The number of fused-ring (bicyclic) bond motifs is 3. The minimum Gasteiger partial charge on any atom is -0.207 e. The highest BCUT2D eigenvalue weighted by molar-refractivity contribution is 6.30. The summed E-state index contributed by atoms with van der Waals surface area (Å²) in [6, 6.07) is 5.05. The average Bonchev–Trinajstić information content (AvgIpc) is 2.69. The van der Waals surface area contributed by atoms with Crippen LogP contribution in [0.3, 0.4) is 0 Å². The molecule has 0 unspecified atom stereocenters. The fourth-order valence-corrected chi connectivity index (χ4v) is 5.73. The fourth-order valence-electron chi connectivity index (χ4n) is 5.63. The van der Waals surface area contributed by atoms with Gasteiger partial charge < -0.3 is 0 Å². The molecule has 4 atom stereocenters. The maximum Gasteiger partial charge on any atom is 0.145 e. The predicted octanol–water partition coefficient (Wildman–Crippen LogP) is 7.70. The highest BCUT2D eigenvalue weighted by Crippen LogP contribution is 2.55. The first-order valence-electron chi connectivity index (χ1n) is 10.1. The topological polar surface area (TPSA) is 0 Å². The van der Waals surface area contributed by atoms with E-state index in [0.717, 1.165) is 37.3 Å². The lowest BCUT2D eigenvalue weighted by atomic mass is 9.57. The molecule has 2 aromatic carbocycles. The third-order valence-corrected chi connectivity index (χ3v) is 7.15. The van der Waals surface area contributed by atoms with Gasteiger partial charge in [-0.15, -0.1) is 6.58 Å². The summed E-state index contributed by atoms with van der Waals surface area (Å²) in [5.74, 6) is -2.39. The molecule has 2 aliphatic rings. The molecule has 0 N–H and O–H groups in total. The number of benzene rings is 2. The van der Waals surface area contributed by atoms with Gasteiger partial charge in [-0.1, -0.05) is 17.7 Å². The Morgan fingerprint density at radius 2 is 1.69 bits per heavy atom. The number of halogens is 5. The first-order valence-corrected chi connectivity index (χ1v) is 10.5. The molecule has 0 heterocycles. The number of allylic oxidation sites excluding steroid dienone is 1. The molecule has 0 radical (unpaired) electrons. The first-order chi connectivity index (χ1) is 13.9. The summed E-state index contributed by atoms with van der Waals surface area (Å²) in [6.07, 6.45) is 6.41. The molecule has 29 heavy (non-hydrogen) atoms. The van der Waals surface area contributed by atoms with E-state index in [1.54, 1.807) is 0 Å². The van der Waals surface area contributed by atoms with Crippen molar-refractivity contribution < 1.29 is 17.6 Å². The maximum absolute atomic E-state index is 14.3. The van der Waals surface area contributed by atoms with Crippen LogP contribution < -0.4 is 0 Å². The van der Waals surface area contributed by atoms with Crippen LogP contribution >= 0.6 is 11.6 Å². The lowest BCUT2D eigenvalue weighted by Crippen LogP contribution is -2.35. The number of hydrogen-bond acceptors (Lipinski definition) is 0. The lowest BCUT2D eigenvalue weighted by molar-refractivity contribution is 0.160. The van der Waals surface area contributed by atoms with E-state index in [-0.39, 0.29) is 23.7 Å². The number of rotatable bonds is 4. The average molecular weight is 423 g/mol. The highest BCUT2D eigenvalue weighted by Gasteiger charge is 2.43. The zero-order valence-electron chi connectivity index (χ0n) is 16.0. The van der Waals surface area contributed by atoms with Crippen LogP contribution in [0, 0.1) is 35.1 Å². The Bertz CT molecular complexity index is 916. The lowest BCUT2D eigenvalue weighted by Gasteiger charge is -2.47. The van der Waals surface area contributed by atoms with Crippen molar-refractivity contribution in [2.75, 3.05) is 0 Å². The van der Waals surface area contributed by atoms with Gasteiger partial charge in [0.05, 0.1) is 0 Å². The Labute approximate surface area is 173 Å². The van der Waals surface area contributed by atoms with E-state index in [9.17, 15) is 17.6 Å².